The average Bonchev–Trinajstić information content (AvgIpc) is 3.05. The molecule has 0 aliphatic rings. The second kappa shape index (κ2) is 9.24. The number of H-pyrrole nitrogens is 1. The SMILES string of the molecule is CC(C)OCC(O)Cn1c(NN=Cc2ccc(Cl)cc2)nc2c1c(=O)[nH]c(=O)n2C. The Morgan fingerprint density at radius 1 is 1.33 bits per heavy atom. The standard InChI is InChI=1S/C19H23ClN6O4/c1-11(2)30-10-14(27)9-26-15-16(25(3)19(29)23-17(15)28)22-18(26)24-21-8-12-4-6-13(20)7-5-12/h4-8,11,14,27H,9-10H2,1-3H3,(H,22,24)(H,23,28,29). The normalized spacial score (nSPS) is 12.9. The highest BCUT2D eigenvalue weighted by Gasteiger charge is 2.19. The van der Waals surface area contributed by atoms with Crippen LogP contribution in [0.25, 0.3) is 11.2 Å². The van der Waals surface area contributed by atoms with Gasteiger partial charge in [0.05, 0.1) is 31.6 Å². The van der Waals surface area contributed by atoms with Crippen molar-refractivity contribution in [2.75, 3.05) is 12.0 Å². The van der Waals surface area contributed by atoms with Gasteiger partial charge in [-0.05, 0) is 31.5 Å². The number of rotatable bonds is 8. The molecule has 0 fully saturated rings. The Morgan fingerprint density at radius 2 is 2.03 bits per heavy atom. The lowest BCUT2D eigenvalue weighted by Gasteiger charge is -2.15. The molecule has 1 atom stereocenters. The van der Waals surface area contributed by atoms with Gasteiger partial charge in [-0.25, -0.2) is 10.2 Å². The van der Waals surface area contributed by atoms with Crippen LogP contribution in [0.3, 0.4) is 0 Å². The van der Waals surface area contributed by atoms with E-state index < -0.39 is 17.4 Å². The number of anilines is 1. The van der Waals surface area contributed by atoms with Gasteiger partial charge in [-0.3, -0.25) is 14.3 Å². The molecule has 0 radical (unpaired) electrons. The summed E-state index contributed by atoms with van der Waals surface area (Å²) in [5.41, 5.74) is 2.70. The number of aliphatic hydroxyl groups is 1. The minimum atomic E-state index is -0.901. The minimum absolute atomic E-state index is 0.0172. The van der Waals surface area contributed by atoms with Gasteiger partial charge in [-0.15, -0.1) is 0 Å². The van der Waals surface area contributed by atoms with Crippen LogP contribution in [0.2, 0.25) is 5.02 Å². The molecule has 0 saturated heterocycles. The van der Waals surface area contributed by atoms with Crippen LogP contribution in [-0.2, 0) is 18.3 Å². The van der Waals surface area contributed by atoms with E-state index in [4.69, 9.17) is 16.3 Å². The number of halogens is 1. The number of benzene rings is 1. The van der Waals surface area contributed by atoms with E-state index in [1.807, 2.05) is 13.8 Å². The number of nitrogens with one attached hydrogen (secondary N) is 2. The van der Waals surface area contributed by atoms with Gasteiger partial charge >= 0.3 is 5.69 Å². The summed E-state index contributed by atoms with van der Waals surface area (Å²) < 4.78 is 8.13. The summed E-state index contributed by atoms with van der Waals surface area (Å²) in [7, 11) is 1.50. The highest BCUT2D eigenvalue weighted by Crippen LogP contribution is 2.16. The molecule has 0 aliphatic heterocycles. The van der Waals surface area contributed by atoms with E-state index in [9.17, 15) is 14.7 Å². The van der Waals surface area contributed by atoms with Crippen LogP contribution in [0.15, 0.2) is 39.0 Å². The van der Waals surface area contributed by atoms with E-state index in [0.717, 1.165) is 5.56 Å². The molecule has 3 N–H and O–H groups in total. The molecule has 11 heteroatoms. The monoisotopic (exact) mass is 434 g/mol. The Bertz CT molecular complexity index is 1160. The predicted molar refractivity (Wildman–Crippen MR) is 115 cm³/mol. The molecule has 0 amide bonds. The van der Waals surface area contributed by atoms with Crippen LogP contribution in [0.4, 0.5) is 5.95 Å². The summed E-state index contributed by atoms with van der Waals surface area (Å²) in [5.74, 6) is 0.200. The molecule has 160 valence electrons. The quantitative estimate of drug-likeness (QED) is 0.362. The van der Waals surface area contributed by atoms with E-state index in [2.05, 4.69) is 20.5 Å². The Kier molecular flexibility index (Phi) is 6.70. The summed E-state index contributed by atoms with van der Waals surface area (Å²) in [5, 5.41) is 15.1. The molecular weight excluding hydrogens is 412 g/mol. The molecule has 2 aromatic heterocycles. The van der Waals surface area contributed by atoms with Crippen LogP contribution in [0, 0.1) is 0 Å². The van der Waals surface area contributed by atoms with Crippen LogP contribution < -0.4 is 16.7 Å². The van der Waals surface area contributed by atoms with E-state index in [-0.39, 0.29) is 36.4 Å². The third-order valence-corrected chi connectivity index (χ3v) is 4.52. The molecule has 10 nitrogen and oxygen atoms in total. The summed E-state index contributed by atoms with van der Waals surface area (Å²) in [6.07, 6.45) is 0.605. The topological polar surface area (TPSA) is 127 Å². The number of aromatic amines is 1. The molecule has 3 rings (SSSR count). The number of aromatic nitrogens is 4. The zero-order chi connectivity index (χ0) is 21.8. The number of aliphatic hydroxyl groups excluding tert-OH is 1. The molecule has 0 spiro atoms. The maximum atomic E-state index is 12.4. The number of ether oxygens (including phenoxy) is 1. The molecular formula is C19H23ClN6O4. The van der Waals surface area contributed by atoms with Crippen molar-refractivity contribution in [1.29, 1.82) is 0 Å². The van der Waals surface area contributed by atoms with Crippen molar-refractivity contribution in [3.05, 3.63) is 55.7 Å². The van der Waals surface area contributed by atoms with Crippen LogP contribution in [-0.4, -0.2) is 49.2 Å². The number of aryl methyl sites for hydroxylation is 1. The zero-order valence-electron chi connectivity index (χ0n) is 16.8. The van der Waals surface area contributed by atoms with Gasteiger partial charge < -0.3 is 14.4 Å². The fraction of sp³-hybridized carbons (Fsp3) is 0.368. The summed E-state index contributed by atoms with van der Waals surface area (Å²) >= 11 is 5.88. The Hall–Kier alpha value is -2.95. The van der Waals surface area contributed by atoms with Gasteiger partial charge in [0.2, 0.25) is 5.95 Å². The van der Waals surface area contributed by atoms with Gasteiger partial charge in [-0.1, -0.05) is 23.7 Å². The fourth-order valence-electron chi connectivity index (χ4n) is 2.78. The molecule has 1 aromatic carbocycles. The van der Waals surface area contributed by atoms with Crippen molar-refractivity contribution in [3.8, 4) is 0 Å². The third kappa shape index (κ3) is 4.96. The minimum Gasteiger partial charge on any atom is -0.389 e. The van der Waals surface area contributed by atoms with Crippen molar-refractivity contribution in [2.45, 2.75) is 32.6 Å². The Labute approximate surface area is 176 Å². The number of imidazole rings is 1. The number of hydrazone groups is 1. The molecule has 0 bridgehead atoms. The molecule has 0 saturated carbocycles. The highest BCUT2D eigenvalue weighted by atomic mass is 35.5. The first-order valence-electron chi connectivity index (χ1n) is 9.30. The molecule has 3 aromatic rings. The lowest BCUT2D eigenvalue weighted by molar-refractivity contribution is -0.000105. The Morgan fingerprint density at radius 3 is 2.70 bits per heavy atom. The van der Waals surface area contributed by atoms with Gasteiger partial charge in [0.15, 0.2) is 11.2 Å². The second-order valence-corrected chi connectivity index (χ2v) is 7.43. The van der Waals surface area contributed by atoms with Crippen molar-refractivity contribution in [1.82, 2.24) is 19.1 Å². The first-order valence-corrected chi connectivity index (χ1v) is 9.68. The van der Waals surface area contributed by atoms with Crippen molar-refractivity contribution >= 4 is 34.9 Å². The van der Waals surface area contributed by atoms with Gasteiger partial charge in [0.1, 0.15) is 0 Å². The first kappa shape index (κ1) is 21.8. The molecule has 0 aliphatic carbocycles. The Balaban J connectivity index is 1.96. The summed E-state index contributed by atoms with van der Waals surface area (Å²) in [6, 6.07) is 7.05. The smallest absolute Gasteiger partial charge is 0.329 e. The van der Waals surface area contributed by atoms with E-state index in [1.54, 1.807) is 30.5 Å². The third-order valence-electron chi connectivity index (χ3n) is 4.27. The van der Waals surface area contributed by atoms with E-state index >= 15 is 0 Å². The predicted octanol–water partition coefficient (Wildman–Crippen LogP) is 1.31. The largest absolute Gasteiger partial charge is 0.389 e. The lowest BCUT2D eigenvalue weighted by atomic mass is 10.2. The van der Waals surface area contributed by atoms with Gasteiger partial charge in [-0.2, -0.15) is 10.1 Å². The maximum absolute atomic E-state index is 12.4. The zero-order valence-corrected chi connectivity index (χ0v) is 17.6. The number of hydrogen-bond donors (Lipinski definition) is 3. The van der Waals surface area contributed by atoms with Crippen LogP contribution in [0.1, 0.15) is 19.4 Å². The molecule has 1 unspecified atom stereocenters. The highest BCUT2D eigenvalue weighted by molar-refractivity contribution is 6.30. The average molecular weight is 435 g/mol. The summed E-state index contributed by atoms with van der Waals surface area (Å²) in [4.78, 5) is 30.9. The fourth-order valence-corrected chi connectivity index (χ4v) is 2.90. The van der Waals surface area contributed by atoms with Gasteiger partial charge in [0, 0.05) is 12.1 Å². The van der Waals surface area contributed by atoms with Crippen LogP contribution in [0.5, 0.6) is 0 Å². The lowest BCUT2D eigenvalue weighted by Crippen LogP contribution is -2.30. The second-order valence-electron chi connectivity index (χ2n) is 6.99. The number of nitrogens with zero attached hydrogens (tertiary/aromatic N) is 4. The number of fused-ring (bicyclic) bond motifs is 1. The van der Waals surface area contributed by atoms with Crippen molar-refractivity contribution < 1.29 is 9.84 Å². The van der Waals surface area contributed by atoms with Gasteiger partial charge in [0.25, 0.3) is 5.56 Å². The summed E-state index contributed by atoms with van der Waals surface area (Å²) in [6.45, 7) is 3.81. The van der Waals surface area contributed by atoms with E-state index in [0.29, 0.717) is 5.02 Å². The maximum Gasteiger partial charge on any atom is 0.329 e. The molecule has 30 heavy (non-hydrogen) atoms. The van der Waals surface area contributed by atoms with Crippen molar-refractivity contribution in [2.24, 2.45) is 12.1 Å². The first-order chi connectivity index (χ1) is 14.3. The van der Waals surface area contributed by atoms with Crippen LogP contribution >= 0.6 is 11.6 Å². The van der Waals surface area contributed by atoms with Crippen molar-refractivity contribution in [3.63, 3.8) is 0 Å². The molecule has 2 heterocycles. The van der Waals surface area contributed by atoms with E-state index in [1.165, 1.54) is 16.2 Å². The number of hydrogen-bond acceptors (Lipinski definition) is 7.